The second-order valence-corrected chi connectivity index (χ2v) is 4.73. The molecule has 0 radical (unpaired) electrons. The molecule has 1 N–H and O–H groups in total. The molecule has 0 bridgehead atoms. The van der Waals surface area contributed by atoms with Crippen LogP contribution in [0.3, 0.4) is 0 Å². The monoisotopic (exact) mass is 279 g/mol. The number of rotatable bonds is 4. The molecule has 19 heavy (non-hydrogen) atoms. The molecule has 2 aromatic rings. The third kappa shape index (κ3) is 3.64. The van der Waals surface area contributed by atoms with Crippen LogP contribution in [0.5, 0.6) is 0 Å². The number of hydrogen-bond acceptors (Lipinski definition) is 3. The predicted molar refractivity (Wildman–Crippen MR) is 75.5 cm³/mol. The number of aromatic nitrogens is 2. The highest BCUT2D eigenvalue weighted by molar-refractivity contribution is 6.29. The zero-order valence-electron chi connectivity index (χ0n) is 10.9. The molecule has 1 heterocycles. The van der Waals surface area contributed by atoms with Crippen molar-refractivity contribution < 1.29 is 4.39 Å². The van der Waals surface area contributed by atoms with Crippen LogP contribution in [0, 0.1) is 12.7 Å². The molecule has 0 saturated carbocycles. The molecule has 0 atom stereocenters. The normalized spacial score (nSPS) is 10.5. The van der Waals surface area contributed by atoms with Gasteiger partial charge in [-0.2, -0.15) is 0 Å². The molecule has 0 amide bonds. The summed E-state index contributed by atoms with van der Waals surface area (Å²) in [5.41, 5.74) is 2.46. The molecule has 0 spiro atoms. The smallest absolute Gasteiger partial charge is 0.228 e. The van der Waals surface area contributed by atoms with Crippen LogP contribution < -0.4 is 5.32 Å². The Labute approximate surface area is 116 Å². The summed E-state index contributed by atoms with van der Waals surface area (Å²) in [6, 6.07) is 6.27. The van der Waals surface area contributed by atoms with Gasteiger partial charge in [0.15, 0.2) is 0 Å². The number of anilines is 2. The molecule has 1 aromatic heterocycles. The summed E-state index contributed by atoms with van der Waals surface area (Å²) in [5, 5.41) is 3.47. The Kier molecular flexibility index (Phi) is 4.32. The molecule has 0 aliphatic rings. The quantitative estimate of drug-likeness (QED) is 0.849. The van der Waals surface area contributed by atoms with Crippen molar-refractivity contribution in [1.29, 1.82) is 0 Å². The van der Waals surface area contributed by atoms with Gasteiger partial charge >= 0.3 is 0 Å². The van der Waals surface area contributed by atoms with Gasteiger partial charge in [0.1, 0.15) is 11.0 Å². The summed E-state index contributed by atoms with van der Waals surface area (Å²) in [4.78, 5) is 8.51. The van der Waals surface area contributed by atoms with Crippen molar-refractivity contribution in [3.05, 3.63) is 46.5 Å². The first-order valence-electron chi connectivity index (χ1n) is 6.15. The standard InChI is InChI=1S/C14H15ClFN3/c1-3-4-11-8-13(15)19-14(17-11)18-12-6-5-10(16)7-9(12)2/h5-8H,3-4H2,1-2H3,(H,17,18,19). The number of nitrogens with one attached hydrogen (secondary N) is 1. The molecule has 3 nitrogen and oxygen atoms in total. The van der Waals surface area contributed by atoms with Crippen molar-refractivity contribution in [2.24, 2.45) is 0 Å². The van der Waals surface area contributed by atoms with Gasteiger partial charge in [-0.3, -0.25) is 0 Å². The molecular weight excluding hydrogens is 265 g/mol. The SMILES string of the molecule is CCCc1cc(Cl)nc(Nc2ccc(F)cc2C)n1. The summed E-state index contributed by atoms with van der Waals surface area (Å²) in [5.74, 6) is 0.174. The average molecular weight is 280 g/mol. The van der Waals surface area contributed by atoms with Crippen LogP contribution in [0.1, 0.15) is 24.6 Å². The van der Waals surface area contributed by atoms with Gasteiger partial charge in [-0.15, -0.1) is 0 Å². The van der Waals surface area contributed by atoms with Crippen LogP contribution in [-0.2, 0) is 6.42 Å². The van der Waals surface area contributed by atoms with E-state index in [1.54, 1.807) is 12.1 Å². The molecular formula is C14H15ClFN3. The van der Waals surface area contributed by atoms with Crippen molar-refractivity contribution in [3.8, 4) is 0 Å². The summed E-state index contributed by atoms with van der Waals surface area (Å²) < 4.78 is 13.0. The lowest BCUT2D eigenvalue weighted by Crippen LogP contribution is -2.02. The van der Waals surface area contributed by atoms with E-state index in [-0.39, 0.29) is 5.82 Å². The van der Waals surface area contributed by atoms with E-state index in [1.165, 1.54) is 12.1 Å². The van der Waals surface area contributed by atoms with Crippen LogP contribution in [0.2, 0.25) is 5.15 Å². The van der Waals surface area contributed by atoms with Gasteiger partial charge in [0.25, 0.3) is 0 Å². The lowest BCUT2D eigenvalue weighted by atomic mass is 10.2. The topological polar surface area (TPSA) is 37.8 Å². The maximum Gasteiger partial charge on any atom is 0.228 e. The fourth-order valence-electron chi connectivity index (χ4n) is 1.79. The molecule has 0 fully saturated rings. The van der Waals surface area contributed by atoms with Gasteiger partial charge in [0.2, 0.25) is 5.95 Å². The van der Waals surface area contributed by atoms with Crippen LogP contribution in [0.25, 0.3) is 0 Å². The molecule has 5 heteroatoms. The van der Waals surface area contributed by atoms with E-state index in [0.717, 1.165) is 29.8 Å². The molecule has 100 valence electrons. The van der Waals surface area contributed by atoms with E-state index in [9.17, 15) is 4.39 Å². The Hall–Kier alpha value is -1.68. The zero-order chi connectivity index (χ0) is 13.8. The lowest BCUT2D eigenvalue weighted by molar-refractivity contribution is 0.627. The van der Waals surface area contributed by atoms with E-state index < -0.39 is 0 Å². The Morgan fingerprint density at radius 1 is 1.26 bits per heavy atom. The first-order chi connectivity index (χ1) is 9.08. The van der Waals surface area contributed by atoms with Crippen LogP contribution in [0.15, 0.2) is 24.3 Å². The Balaban J connectivity index is 2.27. The van der Waals surface area contributed by atoms with Crippen molar-refractivity contribution in [2.45, 2.75) is 26.7 Å². The maximum atomic E-state index is 13.0. The average Bonchev–Trinajstić information content (AvgIpc) is 2.32. The fraction of sp³-hybridized carbons (Fsp3) is 0.286. The molecule has 0 aliphatic heterocycles. The zero-order valence-corrected chi connectivity index (χ0v) is 11.6. The summed E-state index contributed by atoms with van der Waals surface area (Å²) >= 11 is 5.97. The highest BCUT2D eigenvalue weighted by atomic mass is 35.5. The van der Waals surface area contributed by atoms with E-state index >= 15 is 0 Å². The summed E-state index contributed by atoms with van der Waals surface area (Å²) in [6.45, 7) is 3.90. The number of halogens is 2. The Morgan fingerprint density at radius 3 is 2.74 bits per heavy atom. The second-order valence-electron chi connectivity index (χ2n) is 4.34. The van der Waals surface area contributed by atoms with Gasteiger partial charge in [-0.25, -0.2) is 14.4 Å². The number of benzene rings is 1. The van der Waals surface area contributed by atoms with Crippen LogP contribution >= 0.6 is 11.6 Å². The first kappa shape index (κ1) is 13.7. The second kappa shape index (κ2) is 5.97. The third-order valence-corrected chi connectivity index (χ3v) is 2.88. The van der Waals surface area contributed by atoms with Crippen molar-refractivity contribution in [1.82, 2.24) is 9.97 Å². The van der Waals surface area contributed by atoms with Gasteiger partial charge < -0.3 is 5.32 Å². The molecule has 0 unspecified atom stereocenters. The number of aryl methyl sites for hydroxylation is 2. The van der Waals surface area contributed by atoms with Gasteiger partial charge in [-0.05, 0) is 43.2 Å². The number of hydrogen-bond donors (Lipinski definition) is 1. The van der Waals surface area contributed by atoms with Gasteiger partial charge in [0, 0.05) is 11.4 Å². The van der Waals surface area contributed by atoms with Crippen LogP contribution in [0.4, 0.5) is 16.0 Å². The van der Waals surface area contributed by atoms with Gasteiger partial charge in [0.05, 0.1) is 0 Å². The lowest BCUT2D eigenvalue weighted by Gasteiger charge is -2.09. The first-order valence-corrected chi connectivity index (χ1v) is 6.53. The third-order valence-electron chi connectivity index (χ3n) is 2.69. The van der Waals surface area contributed by atoms with Crippen molar-refractivity contribution >= 4 is 23.2 Å². The summed E-state index contributed by atoms with van der Waals surface area (Å²) in [7, 11) is 0. The molecule has 1 aromatic carbocycles. The summed E-state index contributed by atoms with van der Waals surface area (Å²) in [6.07, 6.45) is 1.83. The van der Waals surface area contributed by atoms with Crippen molar-refractivity contribution in [2.75, 3.05) is 5.32 Å². The van der Waals surface area contributed by atoms with E-state index in [1.807, 2.05) is 6.92 Å². The van der Waals surface area contributed by atoms with E-state index in [2.05, 4.69) is 22.2 Å². The highest BCUT2D eigenvalue weighted by Gasteiger charge is 2.05. The van der Waals surface area contributed by atoms with Crippen molar-refractivity contribution in [3.63, 3.8) is 0 Å². The minimum Gasteiger partial charge on any atom is -0.324 e. The Morgan fingerprint density at radius 2 is 2.05 bits per heavy atom. The van der Waals surface area contributed by atoms with E-state index in [4.69, 9.17) is 11.6 Å². The van der Waals surface area contributed by atoms with Gasteiger partial charge in [-0.1, -0.05) is 24.9 Å². The predicted octanol–water partition coefficient (Wildman–Crippen LogP) is 4.27. The molecule has 2 rings (SSSR count). The molecule has 0 saturated heterocycles. The minimum atomic E-state index is -0.262. The molecule has 0 aliphatic carbocycles. The highest BCUT2D eigenvalue weighted by Crippen LogP contribution is 2.20. The van der Waals surface area contributed by atoms with Crippen LogP contribution in [-0.4, -0.2) is 9.97 Å². The fourth-order valence-corrected chi connectivity index (χ4v) is 2.00. The Bertz CT molecular complexity index is 587. The van der Waals surface area contributed by atoms with E-state index in [0.29, 0.717) is 11.1 Å². The minimum absolute atomic E-state index is 0.262. The largest absolute Gasteiger partial charge is 0.324 e. The maximum absolute atomic E-state index is 13.0. The number of nitrogens with zero attached hydrogens (tertiary/aromatic N) is 2.